The molecule has 0 aliphatic heterocycles. The molecule has 0 saturated carbocycles. The Morgan fingerprint density at radius 2 is 1.32 bits per heavy atom. The zero-order valence-corrected chi connectivity index (χ0v) is 19.8. The maximum atomic E-state index is 12.7. The molecular weight excluding hydrogens is 452 g/mol. The van der Waals surface area contributed by atoms with Crippen molar-refractivity contribution in [3.05, 3.63) is 0 Å². The second-order valence-electron chi connectivity index (χ2n) is 7.99. The van der Waals surface area contributed by atoms with Gasteiger partial charge in [-0.3, -0.25) is 24.0 Å². The summed E-state index contributed by atoms with van der Waals surface area (Å²) in [7, 11) is 0. The van der Waals surface area contributed by atoms with Gasteiger partial charge in [-0.2, -0.15) is 0 Å². The number of rotatable bonds is 16. The third-order valence-electron chi connectivity index (χ3n) is 4.81. The van der Waals surface area contributed by atoms with Crippen LogP contribution in [0.2, 0.25) is 0 Å². The molecule has 0 radical (unpaired) electrons. The van der Waals surface area contributed by atoms with Gasteiger partial charge in [0.2, 0.25) is 23.6 Å². The van der Waals surface area contributed by atoms with E-state index in [9.17, 15) is 33.9 Å². The summed E-state index contributed by atoms with van der Waals surface area (Å²) in [4.78, 5) is 71.0. The second-order valence-corrected chi connectivity index (χ2v) is 7.99. The third-order valence-corrected chi connectivity index (χ3v) is 4.81. The molecular formula is C20H37N6O8+. The van der Waals surface area contributed by atoms with E-state index in [1.54, 1.807) is 0 Å². The zero-order valence-electron chi connectivity index (χ0n) is 19.8. The molecule has 34 heavy (non-hydrogen) atoms. The summed E-state index contributed by atoms with van der Waals surface area (Å²) in [6.45, 7) is 4.65. The molecule has 14 heteroatoms. The quantitative estimate of drug-likeness (QED) is 0.101. The van der Waals surface area contributed by atoms with Gasteiger partial charge in [0.1, 0.15) is 24.2 Å². The van der Waals surface area contributed by atoms with E-state index >= 15 is 0 Å². The maximum Gasteiger partial charge on any atom is 0.326 e. The first-order chi connectivity index (χ1) is 15.8. The highest BCUT2D eigenvalue weighted by Gasteiger charge is 2.27. The van der Waals surface area contributed by atoms with Gasteiger partial charge in [0, 0.05) is 6.42 Å². The molecule has 11 N–H and O–H groups in total. The highest BCUT2D eigenvalue weighted by atomic mass is 16.4. The summed E-state index contributed by atoms with van der Waals surface area (Å²) < 4.78 is 0. The average molecular weight is 490 g/mol. The van der Waals surface area contributed by atoms with Crippen molar-refractivity contribution in [1.82, 2.24) is 21.3 Å². The van der Waals surface area contributed by atoms with Gasteiger partial charge in [0.25, 0.3) is 0 Å². The molecule has 0 aliphatic carbocycles. The molecule has 4 amide bonds. The number of unbranched alkanes of at least 4 members (excludes halogenated alkanes) is 1. The summed E-state index contributed by atoms with van der Waals surface area (Å²) >= 11 is 0. The summed E-state index contributed by atoms with van der Waals surface area (Å²) in [6.07, 6.45) is 0.980. The van der Waals surface area contributed by atoms with Crippen LogP contribution in [0.25, 0.3) is 0 Å². The highest BCUT2D eigenvalue weighted by molar-refractivity contribution is 5.93. The predicted octanol–water partition coefficient (Wildman–Crippen LogP) is -3.33. The molecule has 14 nitrogen and oxygen atoms in total. The first kappa shape index (κ1) is 30.7. The van der Waals surface area contributed by atoms with E-state index in [1.165, 1.54) is 20.8 Å². The lowest BCUT2D eigenvalue weighted by molar-refractivity contribution is -0.368. The fourth-order valence-electron chi connectivity index (χ4n) is 2.68. The molecule has 0 fully saturated rings. The Morgan fingerprint density at radius 1 is 0.735 bits per heavy atom. The first-order valence-corrected chi connectivity index (χ1v) is 11.0. The molecule has 194 valence electrons. The van der Waals surface area contributed by atoms with Crippen LogP contribution in [0, 0.1) is 0 Å². The Labute approximate surface area is 197 Å². The molecule has 0 unspecified atom stereocenters. The lowest BCUT2D eigenvalue weighted by atomic mass is 10.1. The number of aliphatic carboxylic acids is 2. The number of carbonyl (C=O) groups excluding carboxylic acids is 4. The van der Waals surface area contributed by atoms with E-state index in [-0.39, 0.29) is 19.3 Å². The molecule has 0 saturated heterocycles. The number of quaternary nitrogens is 1. The van der Waals surface area contributed by atoms with E-state index in [2.05, 4.69) is 27.0 Å². The number of carboxylic acids is 2. The van der Waals surface area contributed by atoms with Crippen molar-refractivity contribution in [2.24, 2.45) is 5.73 Å². The van der Waals surface area contributed by atoms with E-state index in [0.29, 0.717) is 19.4 Å². The predicted molar refractivity (Wildman–Crippen MR) is 119 cm³/mol. The SMILES string of the molecule is C[C@H](N)C(=O)N[C@H](CCC(=O)N[C@@H](CCCC[NH3+])C(=O)N[C@H](C)C(=O)N[C@H](C)C(=O)O)C(=O)O. The molecule has 0 aromatic heterocycles. The van der Waals surface area contributed by atoms with Crippen LogP contribution in [0.5, 0.6) is 0 Å². The van der Waals surface area contributed by atoms with Crippen molar-refractivity contribution in [2.75, 3.05) is 6.54 Å². The molecule has 0 heterocycles. The minimum atomic E-state index is -1.33. The maximum absolute atomic E-state index is 12.7. The van der Waals surface area contributed by atoms with E-state index < -0.39 is 65.8 Å². The second kappa shape index (κ2) is 15.6. The number of carbonyl (C=O) groups is 6. The van der Waals surface area contributed by atoms with Crippen LogP contribution in [0.3, 0.4) is 0 Å². The molecule has 5 atom stereocenters. The fraction of sp³-hybridized carbons (Fsp3) is 0.700. The van der Waals surface area contributed by atoms with Crippen LogP contribution < -0.4 is 32.7 Å². The Morgan fingerprint density at radius 3 is 1.82 bits per heavy atom. The number of carboxylic acid groups (broad SMARTS) is 2. The van der Waals surface area contributed by atoms with E-state index in [0.717, 1.165) is 0 Å². The Kier molecular flexibility index (Phi) is 14.1. The van der Waals surface area contributed by atoms with Gasteiger partial charge in [0.05, 0.1) is 12.6 Å². The molecule has 0 aliphatic rings. The van der Waals surface area contributed by atoms with Crippen LogP contribution in [-0.2, 0) is 28.8 Å². The van der Waals surface area contributed by atoms with Crippen LogP contribution in [0.1, 0.15) is 52.9 Å². The Hall–Kier alpha value is -3.26. The normalized spacial score (nSPS) is 15.1. The lowest BCUT2D eigenvalue weighted by Gasteiger charge is -2.22. The largest absolute Gasteiger partial charge is 0.480 e. The minimum Gasteiger partial charge on any atom is -0.480 e. The van der Waals surface area contributed by atoms with Gasteiger partial charge in [-0.1, -0.05) is 0 Å². The smallest absolute Gasteiger partial charge is 0.326 e. The Balaban J connectivity index is 5.05. The van der Waals surface area contributed by atoms with Gasteiger partial charge in [-0.25, -0.2) is 4.79 Å². The van der Waals surface area contributed by atoms with E-state index in [1.807, 2.05) is 0 Å². The van der Waals surface area contributed by atoms with Gasteiger partial charge in [-0.05, 0) is 46.5 Å². The molecule has 0 aromatic rings. The van der Waals surface area contributed by atoms with Gasteiger partial charge in [0.15, 0.2) is 0 Å². The number of amides is 4. The number of hydrogen-bond acceptors (Lipinski definition) is 7. The standard InChI is InChI=1S/C20H36N6O8/c1-10(22)16(28)26-14(20(33)34)7-8-15(27)25-13(6-4-5-9-21)18(30)23-11(2)17(29)24-12(3)19(31)32/h10-14H,4-9,21-22H2,1-3H3,(H,23,30)(H,24,29)(H,25,27)(H,26,28)(H,31,32)(H,33,34)/p+1/t10-,11+,12+,13-,14+/m0/s1. The van der Waals surface area contributed by atoms with Crippen LogP contribution in [0.15, 0.2) is 0 Å². The molecule has 0 rings (SSSR count). The highest BCUT2D eigenvalue weighted by Crippen LogP contribution is 2.05. The van der Waals surface area contributed by atoms with Gasteiger partial charge >= 0.3 is 11.9 Å². The molecule has 0 spiro atoms. The summed E-state index contributed by atoms with van der Waals surface area (Å²) in [5.41, 5.74) is 9.12. The Bertz CT molecular complexity index is 745. The van der Waals surface area contributed by atoms with Crippen molar-refractivity contribution < 1.29 is 44.7 Å². The van der Waals surface area contributed by atoms with Crippen molar-refractivity contribution >= 4 is 35.6 Å². The minimum absolute atomic E-state index is 0.223. The number of hydrogen-bond donors (Lipinski definition) is 8. The van der Waals surface area contributed by atoms with Crippen LogP contribution in [0.4, 0.5) is 0 Å². The monoisotopic (exact) mass is 489 g/mol. The third kappa shape index (κ3) is 12.1. The van der Waals surface area contributed by atoms with Crippen molar-refractivity contribution in [3.8, 4) is 0 Å². The lowest BCUT2D eigenvalue weighted by Crippen LogP contribution is -2.54. The molecule has 0 aromatic carbocycles. The van der Waals surface area contributed by atoms with Gasteiger partial charge in [-0.15, -0.1) is 0 Å². The fourth-order valence-corrected chi connectivity index (χ4v) is 2.68. The summed E-state index contributed by atoms with van der Waals surface area (Å²) in [5, 5.41) is 27.6. The van der Waals surface area contributed by atoms with Crippen molar-refractivity contribution in [2.45, 2.75) is 83.1 Å². The first-order valence-electron chi connectivity index (χ1n) is 11.0. The summed E-state index contributed by atoms with van der Waals surface area (Å²) in [6, 6.07) is -5.47. The summed E-state index contributed by atoms with van der Waals surface area (Å²) in [5.74, 6) is -5.22. The zero-order chi connectivity index (χ0) is 26.4. The van der Waals surface area contributed by atoms with Crippen LogP contribution >= 0.6 is 0 Å². The van der Waals surface area contributed by atoms with Crippen molar-refractivity contribution in [3.63, 3.8) is 0 Å². The average Bonchev–Trinajstić information content (AvgIpc) is 2.74. The van der Waals surface area contributed by atoms with Gasteiger partial charge < -0.3 is 42.9 Å². The van der Waals surface area contributed by atoms with E-state index in [4.69, 9.17) is 10.8 Å². The molecule has 0 bridgehead atoms. The number of nitrogens with two attached hydrogens (primary N) is 1. The topological polar surface area (TPSA) is 245 Å². The number of nitrogens with one attached hydrogen (secondary N) is 4. The van der Waals surface area contributed by atoms with Crippen LogP contribution in [-0.4, -0.2) is 82.5 Å². The van der Waals surface area contributed by atoms with Crippen molar-refractivity contribution in [1.29, 1.82) is 0 Å².